The molecular formula is C9H16O4S. The largest absolute Gasteiger partial charge is 0.368 e. The SMILES string of the molecule is CC1OC2(C)CS(=O)(=O)OC1(C)C2C. The molecule has 2 fully saturated rings. The van der Waals surface area contributed by atoms with Crippen LogP contribution in [0.3, 0.4) is 0 Å². The average Bonchev–Trinajstić information content (AvgIpc) is 2.10. The van der Waals surface area contributed by atoms with Gasteiger partial charge in [-0.05, 0) is 20.8 Å². The second kappa shape index (κ2) is 2.51. The highest BCUT2D eigenvalue weighted by Gasteiger charge is 2.63. The van der Waals surface area contributed by atoms with Gasteiger partial charge in [0, 0.05) is 5.92 Å². The van der Waals surface area contributed by atoms with Crippen LogP contribution in [0, 0.1) is 5.92 Å². The molecule has 4 atom stereocenters. The van der Waals surface area contributed by atoms with Crippen LogP contribution in [-0.2, 0) is 19.0 Å². The van der Waals surface area contributed by atoms with Crippen LogP contribution in [0.2, 0.25) is 0 Å². The van der Waals surface area contributed by atoms with Crippen molar-refractivity contribution >= 4 is 10.1 Å². The van der Waals surface area contributed by atoms with Crippen molar-refractivity contribution in [1.82, 2.24) is 0 Å². The van der Waals surface area contributed by atoms with Crippen LogP contribution < -0.4 is 0 Å². The van der Waals surface area contributed by atoms with Crippen LogP contribution in [0.4, 0.5) is 0 Å². The lowest BCUT2D eigenvalue weighted by Crippen LogP contribution is -2.53. The summed E-state index contributed by atoms with van der Waals surface area (Å²) in [7, 11) is -3.43. The molecule has 0 N–H and O–H groups in total. The van der Waals surface area contributed by atoms with Crippen molar-refractivity contribution in [2.75, 3.05) is 5.75 Å². The Bertz CT molecular complexity index is 363. The van der Waals surface area contributed by atoms with Gasteiger partial charge >= 0.3 is 0 Å². The summed E-state index contributed by atoms with van der Waals surface area (Å²) < 4.78 is 33.9. The molecule has 0 aromatic heterocycles. The van der Waals surface area contributed by atoms with Crippen LogP contribution in [0.15, 0.2) is 0 Å². The third-order valence-electron chi connectivity index (χ3n) is 3.80. The summed E-state index contributed by atoms with van der Waals surface area (Å²) >= 11 is 0. The van der Waals surface area contributed by atoms with Gasteiger partial charge in [0.1, 0.15) is 11.4 Å². The quantitative estimate of drug-likeness (QED) is 0.570. The van der Waals surface area contributed by atoms with E-state index >= 15 is 0 Å². The summed E-state index contributed by atoms with van der Waals surface area (Å²) in [5.41, 5.74) is -1.29. The van der Waals surface area contributed by atoms with Crippen LogP contribution in [-0.4, -0.2) is 31.5 Å². The van der Waals surface area contributed by atoms with Crippen LogP contribution in [0.1, 0.15) is 27.7 Å². The minimum Gasteiger partial charge on any atom is -0.368 e. The smallest absolute Gasteiger partial charge is 0.270 e. The van der Waals surface area contributed by atoms with Crippen molar-refractivity contribution in [2.24, 2.45) is 5.92 Å². The molecule has 2 heterocycles. The van der Waals surface area contributed by atoms with Gasteiger partial charge in [-0.3, -0.25) is 4.18 Å². The van der Waals surface area contributed by atoms with Gasteiger partial charge in [-0.2, -0.15) is 8.42 Å². The third kappa shape index (κ3) is 1.15. The lowest BCUT2D eigenvalue weighted by atomic mass is 9.80. The standard InChI is InChI=1S/C9H16O4S/c1-6-8(3)5-14(10,11)13-9(6,4)7(2)12-8/h6-7H,5H2,1-4H3. The molecule has 14 heavy (non-hydrogen) atoms. The first-order chi connectivity index (χ1) is 6.20. The molecule has 2 bridgehead atoms. The lowest BCUT2D eigenvalue weighted by molar-refractivity contribution is -0.0246. The molecule has 2 aliphatic heterocycles. The van der Waals surface area contributed by atoms with E-state index in [1.807, 2.05) is 27.7 Å². The predicted octanol–water partition coefficient (Wildman–Crippen LogP) is 0.919. The minimum absolute atomic E-state index is 0.0406. The Balaban J connectivity index is 2.52. The zero-order valence-electron chi connectivity index (χ0n) is 8.90. The molecule has 2 saturated heterocycles. The fraction of sp³-hybridized carbons (Fsp3) is 1.00. The van der Waals surface area contributed by atoms with Crippen molar-refractivity contribution in [1.29, 1.82) is 0 Å². The number of hydrogen-bond donors (Lipinski definition) is 0. The van der Waals surface area contributed by atoms with Gasteiger partial charge in [-0.15, -0.1) is 0 Å². The predicted molar refractivity (Wildman–Crippen MR) is 51.4 cm³/mol. The Kier molecular flexibility index (Phi) is 1.86. The molecule has 4 nitrogen and oxygen atoms in total. The fourth-order valence-electron chi connectivity index (χ4n) is 2.53. The van der Waals surface area contributed by atoms with Gasteiger partial charge in [-0.25, -0.2) is 0 Å². The monoisotopic (exact) mass is 220 g/mol. The molecule has 0 radical (unpaired) electrons. The summed E-state index contributed by atoms with van der Waals surface area (Å²) in [6, 6.07) is 0. The number of hydrogen-bond acceptors (Lipinski definition) is 4. The first kappa shape index (κ1) is 10.4. The second-order valence-electron chi connectivity index (χ2n) is 4.76. The number of ether oxygens (including phenoxy) is 1. The van der Waals surface area contributed by atoms with Crippen molar-refractivity contribution in [3.05, 3.63) is 0 Å². The number of fused-ring (bicyclic) bond motifs is 2. The Morgan fingerprint density at radius 3 is 2.36 bits per heavy atom. The lowest BCUT2D eigenvalue weighted by Gasteiger charge is -2.39. The Hall–Kier alpha value is -0.130. The van der Waals surface area contributed by atoms with Gasteiger partial charge in [0.25, 0.3) is 10.1 Å². The Labute approximate surface area is 84.7 Å². The molecule has 0 saturated carbocycles. The average molecular weight is 220 g/mol. The normalized spacial score (nSPS) is 56.0. The summed E-state index contributed by atoms with van der Waals surface area (Å²) in [4.78, 5) is 0. The minimum atomic E-state index is -3.43. The highest BCUT2D eigenvalue weighted by Crippen LogP contribution is 2.50. The third-order valence-corrected chi connectivity index (χ3v) is 5.34. The maximum atomic E-state index is 11.5. The van der Waals surface area contributed by atoms with E-state index < -0.39 is 21.3 Å². The van der Waals surface area contributed by atoms with E-state index in [9.17, 15) is 8.42 Å². The highest BCUT2D eigenvalue weighted by atomic mass is 32.2. The van der Waals surface area contributed by atoms with E-state index in [0.717, 1.165) is 0 Å². The summed E-state index contributed by atoms with van der Waals surface area (Å²) in [6.07, 6.45) is -0.181. The van der Waals surface area contributed by atoms with E-state index in [-0.39, 0.29) is 17.8 Å². The van der Waals surface area contributed by atoms with Crippen LogP contribution >= 0.6 is 0 Å². The van der Waals surface area contributed by atoms with Gasteiger partial charge in [-0.1, -0.05) is 6.92 Å². The summed E-state index contributed by atoms with van der Waals surface area (Å²) in [5, 5.41) is 0. The van der Waals surface area contributed by atoms with E-state index in [1.165, 1.54) is 0 Å². The molecule has 2 aliphatic rings. The van der Waals surface area contributed by atoms with E-state index in [1.54, 1.807) is 0 Å². The molecular weight excluding hydrogens is 204 g/mol. The summed E-state index contributed by atoms with van der Waals surface area (Å²) in [6.45, 7) is 7.50. The zero-order chi connectivity index (χ0) is 10.8. The van der Waals surface area contributed by atoms with Crippen molar-refractivity contribution < 1.29 is 17.3 Å². The molecule has 0 amide bonds. The topological polar surface area (TPSA) is 52.6 Å². The zero-order valence-corrected chi connectivity index (χ0v) is 9.72. The molecule has 0 aromatic rings. The van der Waals surface area contributed by atoms with Gasteiger partial charge < -0.3 is 4.74 Å². The van der Waals surface area contributed by atoms with Crippen molar-refractivity contribution in [2.45, 2.75) is 45.0 Å². The van der Waals surface area contributed by atoms with E-state index in [4.69, 9.17) is 8.92 Å². The van der Waals surface area contributed by atoms with Crippen LogP contribution in [0.5, 0.6) is 0 Å². The molecule has 0 aliphatic carbocycles. The molecule has 0 spiro atoms. The Morgan fingerprint density at radius 1 is 1.29 bits per heavy atom. The van der Waals surface area contributed by atoms with Crippen LogP contribution in [0.25, 0.3) is 0 Å². The van der Waals surface area contributed by atoms with E-state index in [0.29, 0.717) is 0 Å². The maximum absolute atomic E-state index is 11.5. The van der Waals surface area contributed by atoms with Crippen molar-refractivity contribution in [3.8, 4) is 0 Å². The van der Waals surface area contributed by atoms with Gasteiger partial charge in [0.05, 0.1) is 11.7 Å². The first-order valence-corrected chi connectivity index (χ1v) is 6.38. The fourth-order valence-corrected chi connectivity index (χ4v) is 4.44. The maximum Gasteiger partial charge on any atom is 0.270 e. The van der Waals surface area contributed by atoms with Crippen molar-refractivity contribution in [3.63, 3.8) is 0 Å². The Morgan fingerprint density at radius 2 is 1.86 bits per heavy atom. The van der Waals surface area contributed by atoms with Gasteiger partial charge in [0.2, 0.25) is 0 Å². The van der Waals surface area contributed by atoms with Gasteiger partial charge in [0.15, 0.2) is 0 Å². The second-order valence-corrected chi connectivity index (χ2v) is 6.33. The van der Waals surface area contributed by atoms with E-state index in [2.05, 4.69) is 0 Å². The molecule has 0 aromatic carbocycles. The molecule has 82 valence electrons. The first-order valence-electron chi connectivity index (χ1n) is 4.81. The highest BCUT2D eigenvalue weighted by molar-refractivity contribution is 7.86. The summed E-state index contributed by atoms with van der Waals surface area (Å²) in [5.74, 6) is 0.0506. The molecule has 5 heteroatoms. The molecule has 2 rings (SSSR count). The molecule has 4 unspecified atom stereocenters. The number of rotatable bonds is 0.